The van der Waals surface area contributed by atoms with Crippen molar-refractivity contribution in [2.24, 2.45) is 28.6 Å². The number of fused-ring (bicyclic) bond motifs is 7. The second-order valence-electron chi connectivity index (χ2n) is 11.0. The predicted molar refractivity (Wildman–Crippen MR) is 135 cm³/mol. The molecule has 0 amide bonds. The van der Waals surface area contributed by atoms with Crippen molar-refractivity contribution in [2.45, 2.75) is 64.9 Å². The maximum Gasteiger partial charge on any atom is 0.188 e. The van der Waals surface area contributed by atoms with E-state index in [0.717, 1.165) is 35.8 Å². The van der Waals surface area contributed by atoms with Crippen LogP contribution in [0.5, 0.6) is 5.75 Å². The lowest BCUT2D eigenvalue weighted by Crippen LogP contribution is -2.50. The van der Waals surface area contributed by atoms with Crippen LogP contribution in [0.15, 0.2) is 24.3 Å². The Morgan fingerprint density at radius 3 is 2.85 bits per heavy atom. The number of aliphatic hydroxyl groups is 1. The number of nitrogens with one attached hydrogen (secondary N) is 1. The number of ether oxygens (including phenoxy) is 1. The topological polar surface area (TPSA) is 54.4 Å². The number of thiazole rings is 1. The fourth-order valence-corrected chi connectivity index (χ4v) is 9.17. The van der Waals surface area contributed by atoms with Gasteiger partial charge in [0.05, 0.1) is 29.5 Å². The Labute approximate surface area is 205 Å². The molecule has 1 aromatic heterocycles. The van der Waals surface area contributed by atoms with E-state index in [9.17, 15) is 5.11 Å². The molecule has 4 aliphatic carbocycles. The maximum atomic E-state index is 10.7. The van der Waals surface area contributed by atoms with E-state index in [2.05, 4.69) is 25.2 Å². The van der Waals surface area contributed by atoms with Crippen LogP contribution in [0.25, 0.3) is 5.57 Å². The summed E-state index contributed by atoms with van der Waals surface area (Å²) in [4.78, 5) is 6.35. The van der Waals surface area contributed by atoms with Gasteiger partial charge in [0, 0.05) is 5.02 Å². The minimum atomic E-state index is -0.113. The summed E-state index contributed by atoms with van der Waals surface area (Å²) >= 11 is 8.00. The molecule has 176 valence electrons. The number of aromatic nitrogens is 1. The number of rotatable bonds is 3. The van der Waals surface area contributed by atoms with Gasteiger partial charge in [0.2, 0.25) is 0 Å². The fraction of sp³-hybridized carbons (Fsp3) is 0.593. The molecule has 0 spiro atoms. The largest absolute Gasteiger partial charge is 0.495 e. The van der Waals surface area contributed by atoms with Gasteiger partial charge in [0.1, 0.15) is 5.75 Å². The number of nitrogens with zero attached hydrogens (tertiary/aromatic N) is 1. The first-order valence-corrected chi connectivity index (χ1v) is 13.5. The van der Waals surface area contributed by atoms with Gasteiger partial charge >= 0.3 is 0 Å². The molecule has 33 heavy (non-hydrogen) atoms. The first-order valence-electron chi connectivity index (χ1n) is 12.3. The predicted octanol–water partition coefficient (Wildman–Crippen LogP) is 7.09. The van der Waals surface area contributed by atoms with Gasteiger partial charge in [-0.25, -0.2) is 4.98 Å². The summed E-state index contributed by atoms with van der Waals surface area (Å²) in [6, 6.07) is 5.62. The van der Waals surface area contributed by atoms with E-state index in [0.29, 0.717) is 22.8 Å². The van der Waals surface area contributed by atoms with Crippen LogP contribution < -0.4 is 10.1 Å². The van der Waals surface area contributed by atoms with Crippen LogP contribution >= 0.6 is 22.9 Å². The number of hydrogen-bond acceptors (Lipinski definition) is 5. The Kier molecular flexibility index (Phi) is 5.14. The molecule has 0 aliphatic heterocycles. The molecule has 0 unspecified atom stereocenters. The molecule has 2 saturated carbocycles. The van der Waals surface area contributed by atoms with E-state index in [1.807, 2.05) is 18.2 Å². The van der Waals surface area contributed by atoms with Crippen molar-refractivity contribution >= 4 is 39.3 Å². The van der Waals surface area contributed by atoms with Gasteiger partial charge in [-0.05, 0) is 97.3 Å². The number of aryl methyl sites for hydroxylation is 1. The quantitative estimate of drug-likeness (QED) is 0.488. The first-order chi connectivity index (χ1) is 15.8. The zero-order chi connectivity index (χ0) is 23.0. The molecule has 6 atom stereocenters. The number of anilines is 2. The van der Waals surface area contributed by atoms with Crippen molar-refractivity contribution in [3.63, 3.8) is 0 Å². The highest BCUT2D eigenvalue weighted by Gasteiger charge is 2.58. The molecule has 6 rings (SSSR count). The highest BCUT2D eigenvalue weighted by molar-refractivity contribution is 7.16. The van der Waals surface area contributed by atoms with Crippen LogP contribution in [0.4, 0.5) is 10.8 Å². The molecule has 2 aromatic rings. The van der Waals surface area contributed by atoms with Crippen molar-refractivity contribution < 1.29 is 9.84 Å². The van der Waals surface area contributed by atoms with Crippen LogP contribution in [-0.2, 0) is 6.42 Å². The van der Waals surface area contributed by atoms with Gasteiger partial charge in [-0.2, -0.15) is 0 Å². The second kappa shape index (κ2) is 7.73. The van der Waals surface area contributed by atoms with E-state index < -0.39 is 0 Å². The normalized spacial score (nSPS) is 36.8. The lowest BCUT2D eigenvalue weighted by Gasteiger charge is -2.56. The van der Waals surface area contributed by atoms with Crippen molar-refractivity contribution in [1.82, 2.24) is 4.98 Å². The third-order valence-electron chi connectivity index (χ3n) is 9.64. The van der Waals surface area contributed by atoms with Crippen LogP contribution in [0.2, 0.25) is 5.02 Å². The van der Waals surface area contributed by atoms with E-state index in [1.54, 1.807) is 18.4 Å². The van der Waals surface area contributed by atoms with Crippen molar-refractivity contribution in [3.05, 3.63) is 39.9 Å². The lowest BCUT2D eigenvalue weighted by atomic mass is 9.48. The third kappa shape index (κ3) is 3.22. The van der Waals surface area contributed by atoms with Crippen LogP contribution in [0, 0.1) is 28.6 Å². The summed E-state index contributed by atoms with van der Waals surface area (Å²) in [6.07, 6.45) is 10.4. The van der Waals surface area contributed by atoms with Crippen molar-refractivity contribution in [2.75, 3.05) is 12.4 Å². The summed E-state index contributed by atoms with van der Waals surface area (Å²) in [5, 5.41) is 15.8. The number of methoxy groups -OCH3 is 1. The maximum absolute atomic E-state index is 10.7. The van der Waals surface area contributed by atoms with Crippen molar-refractivity contribution in [1.29, 1.82) is 0 Å². The lowest BCUT2D eigenvalue weighted by molar-refractivity contribution is -0.0579. The van der Waals surface area contributed by atoms with E-state index >= 15 is 0 Å². The van der Waals surface area contributed by atoms with Crippen LogP contribution in [0.1, 0.15) is 62.9 Å². The van der Waals surface area contributed by atoms with Gasteiger partial charge in [0.25, 0.3) is 0 Å². The highest BCUT2D eigenvalue weighted by Crippen LogP contribution is 2.66. The summed E-state index contributed by atoms with van der Waals surface area (Å²) < 4.78 is 5.51. The minimum Gasteiger partial charge on any atom is -0.495 e. The molecule has 6 heteroatoms. The van der Waals surface area contributed by atoms with Gasteiger partial charge < -0.3 is 15.2 Å². The van der Waals surface area contributed by atoms with Gasteiger partial charge in [-0.3, -0.25) is 0 Å². The molecule has 4 aliphatic rings. The average molecular weight is 485 g/mol. The van der Waals surface area contributed by atoms with E-state index in [4.69, 9.17) is 21.3 Å². The molecule has 0 saturated heterocycles. The standard InChI is InChI=1S/C27H33ClN2O2S/c1-26-13-11-20-24(33-25(29-20)30-21-14-15(28)4-8-22(21)32-3)19(26)6-5-16-17-7-9-23(31)27(17,2)12-10-18(16)26/h4,6,8,14,16-18,23,31H,5,7,9-13H2,1-3H3,(H,29,30)/t16-,17-,18-,23-,26+,27-/m0/s1. The molecule has 4 nitrogen and oxygen atoms in total. The van der Waals surface area contributed by atoms with Crippen LogP contribution in [0.3, 0.4) is 0 Å². The van der Waals surface area contributed by atoms with Gasteiger partial charge in [-0.15, -0.1) is 0 Å². The fourth-order valence-electron chi connectivity index (χ4n) is 7.79. The van der Waals surface area contributed by atoms with Gasteiger partial charge in [-0.1, -0.05) is 42.9 Å². The summed E-state index contributed by atoms with van der Waals surface area (Å²) in [7, 11) is 1.68. The Bertz CT molecular complexity index is 1130. The second-order valence-corrected chi connectivity index (χ2v) is 12.5. The summed E-state index contributed by atoms with van der Waals surface area (Å²) in [6.45, 7) is 4.87. The Hall–Kier alpha value is -1.56. The average Bonchev–Trinajstić information content (AvgIpc) is 3.33. The SMILES string of the molecule is COc1ccc(Cl)cc1Nc1nc2c(s1)C1=CC[C@H]3[C@@H]4CC[C@H](O)[C@@]4(C)CC[C@@H]3[C@@]1(C)CC2. The molecule has 2 fully saturated rings. The van der Waals surface area contributed by atoms with E-state index in [1.165, 1.54) is 41.8 Å². The summed E-state index contributed by atoms with van der Waals surface area (Å²) in [5.74, 6) is 2.84. The molecule has 0 radical (unpaired) electrons. The number of halogens is 1. The molecule has 1 aromatic carbocycles. The zero-order valence-corrected chi connectivity index (χ0v) is 21.2. The minimum absolute atomic E-state index is 0.113. The van der Waals surface area contributed by atoms with Gasteiger partial charge in [0.15, 0.2) is 5.13 Å². The Morgan fingerprint density at radius 1 is 1.18 bits per heavy atom. The molecule has 2 N–H and O–H groups in total. The highest BCUT2D eigenvalue weighted by atomic mass is 35.5. The Morgan fingerprint density at radius 2 is 2.03 bits per heavy atom. The zero-order valence-electron chi connectivity index (χ0n) is 19.7. The third-order valence-corrected chi connectivity index (χ3v) is 10.9. The van der Waals surface area contributed by atoms with Crippen LogP contribution in [-0.4, -0.2) is 23.3 Å². The van der Waals surface area contributed by atoms with E-state index in [-0.39, 0.29) is 16.9 Å². The number of benzene rings is 1. The first kappa shape index (κ1) is 21.9. The smallest absolute Gasteiger partial charge is 0.188 e. The van der Waals surface area contributed by atoms with Crippen molar-refractivity contribution in [3.8, 4) is 5.75 Å². The molecular formula is C27H33ClN2O2S. The number of aliphatic hydroxyl groups excluding tert-OH is 1. The molecular weight excluding hydrogens is 452 g/mol. The number of hydrogen-bond donors (Lipinski definition) is 2. The number of allylic oxidation sites excluding steroid dienone is 2. The summed E-state index contributed by atoms with van der Waals surface area (Å²) in [5.41, 5.74) is 3.93. The Balaban J connectivity index is 1.33. The molecule has 1 heterocycles. The monoisotopic (exact) mass is 484 g/mol. The molecule has 0 bridgehead atoms.